The van der Waals surface area contributed by atoms with E-state index in [1.54, 1.807) is 0 Å². The zero-order valence-corrected chi connectivity index (χ0v) is 9.00. The lowest BCUT2D eigenvalue weighted by molar-refractivity contribution is 0.194. The van der Waals surface area contributed by atoms with Crippen molar-refractivity contribution in [2.75, 3.05) is 20.2 Å². The van der Waals surface area contributed by atoms with Crippen molar-refractivity contribution < 1.29 is 5.11 Å². The van der Waals surface area contributed by atoms with Crippen molar-refractivity contribution in [3.05, 3.63) is 0 Å². The quantitative estimate of drug-likeness (QED) is 0.707. The molecule has 1 fully saturated rings. The van der Waals surface area contributed by atoms with Crippen molar-refractivity contribution in [3.8, 4) is 0 Å². The van der Waals surface area contributed by atoms with Gasteiger partial charge in [0.1, 0.15) is 0 Å². The summed E-state index contributed by atoms with van der Waals surface area (Å²) in [5.41, 5.74) is 0. The van der Waals surface area contributed by atoms with Crippen molar-refractivity contribution in [2.45, 2.75) is 45.1 Å². The second-order valence-electron chi connectivity index (χ2n) is 4.22. The molecule has 13 heavy (non-hydrogen) atoms. The molecule has 0 saturated carbocycles. The molecular weight excluding hydrogens is 162 g/mol. The highest BCUT2D eigenvalue weighted by Crippen LogP contribution is 2.27. The van der Waals surface area contributed by atoms with E-state index in [2.05, 4.69) is 18.9 Å². The SMILES string of the molecule is CCC(CCCO)C1CCCN1C. The fourth-order valence-electron chi connectivity index (χ4n) is 2.55. The summed E-state index contributed by atoms with van der Waals surface area (Å²) in [6, 6.07) is 0.788. The maximum atomic E-state index is 8.81. The number of nitrogens with zero attached hydrogens (tertiary/aromatic N) is 1. The third-order valence-electron chi connectivity index (χ3n) is 3.38. The van der Waals surface area contributed by atoms with E-state index in [-0.39, 0.29) is 0 Å². The molecule has 2 nitrogen and oxygen atoms in total. The van der Waals surface area contributed by atoms with Crippen LogP contribution >= 0.6 is 0 Å². The van der Waals surface area contributed by atoms with E-state index in [1.165, 1.54) is 32.2 Å². The summed E-state index contributed by atoms with van der Waals surface area (Å²) in [6.07, 6.45) is 6.15. The summed E-state index contributed by atoms with van der Waals surface area (Å²) in [5, 5.41) is 8.81. The smallest absolute Gasteiger partial charge is 0.0431 e. The monoisotopic (exact) mass is 185 g/mol. The van der Waals surface area contributed by atoms with Gasteiger partial charge in [-0.3, -0.25) is 0 Å². The lowest BCUT2D eigenvalue weighted by atomic mass is 9.90. The summed E-state index contributed by atoms with van der Waals surface area (Å²) in [4.78, 5) is 2.49. The molecule has 0 spiro atoms. The largest absolute Gasteiger partial charge is 0.396 e. The first-order valence-electron chi connectivity index (χ1n) is 5.60. The van der Waals surface area contributed by atoms with Crippen molar-refractivity contribution >= 4 is 0 Å². The van der Waals surface area contributed by atoms with Crippen LogP contribution in [0.15, 0.2) is 0 Å². The number of aliphatic hydroxyl groups is 1. The van der Waals surface area contributed by atoms with E-state index in [4.69, 9.17) is 5.11 Å². The van der Waals surface area contributed by atoms with E-state index in [1.807, 2.05) is 0 Å². The van der Waals surface area contributed by atoms with Gasteiger partial charge in [-0.25, -0.2) is 0 Å². The molecule has 1 aliphatic heterocycles. The minimum absolute atomic E-state index is 0.354. The average Bonchev–Trinajstić information content (AvgIpc) is 2.54. The highest BCUT2D eigenvalue weighted by atomic mass is 16.2. The van der Waals surface area contributed by atoms with Crippen LogP contribution in [0, 0.1) is 5.92 Å². The summed E-state index contributed by atoms with van der Waals surface area (Å²) in [7, 11) is 2.24. The molecule has 78 valence electrons. The molecule has 0 aromatic heterocycles. The molecule has 0 aliphatic carbocycles. The molecule has 0 aromatic carbocycles. The average molecular weight is 185 g/mol. The van der Waals surface area contributed by atoms with Gasteiger partial charge in [-0.1, -0.05) is 13.3 Å². The fourth-order valence-corrected chi connectivity index (χ4v) is 2.55. The van der Waals surface area contributed by atoms with Crippen molar-refractivity contribution in [3.63, 3.8) is 0 Å². The molecule has 0 bridgehead atoms. The second-order valence-corrected chi connectivity index (χ2v) is 4.22. The minimum atomic E-state index is 0.354. The first kappa shape index (κ1) is 11.0. The van der Waals surface area contributed by atoms with E-state index >= 15 is 0 Å². The highest BCUT2D eigenvalue weighted by molar-refractivity contribution is 4.82. The van der Waals surface area contributed by atoms with Gasteiger partial charge >= 0.3 is 0 Å². The number of likely N-dealkylation sites (tertiary alicyclic amines) is 1. The number of hydrogen-bond donors (Lipinski definition) is 1. The summed E-state index contributed by atoms with van der Waals surface area (Å²) >= 11 is 0. The highest BCUT2D eigenvalue weighted by Gasteiger charge is 2.27. The van der Waals surface area contributed by atoms with Gasteiger partial charge in [-0.05, 0) is 45.2 Å². The lowest BCUT2D eigenvalue weighted by Crippen LogP contribution is -2.32. The first-order chi connectivity index (χ1) is 6.29. The zero-order valence-electron chi connectivity index (χ0n) is 9.00. The molecule has 2 atom stereocenters. The van der Waals surface area contributed by atoms with E-state index in [0.29, 0.717) is 6.61 Å². The Morgan fingerprint density at radius 3 is 2.77 bits per heavy atom. The van der Waals surface area contributed by atoms with Crippen LogP contribution in [0.25, 0.3) is 0 Å². The predicted octanol–water partition coefficient (Wildman–Crippen LogP) is 1.88. The van der Waals surface area contributed by atoms with Crippen LogP contribution in [0.3, 0.4) is 0 Å². The Kier molecular flexibility index (Phi) is 4.74. The third-order valence-corrected chi connectivity index (χ3v) is 3.38. The van der Waals surface area contributed by atoms with Crippen LogP contribution in [-0.2, 0) is 0 Å². The molecule has 0 radical (unpaired) electrons. The van der Waals surface area contributed by atoms with Crippen molar-refractivity contribution in [1.82, 2.24) is 4.90 Å². The molecular formula is C11H23NO. The van der Waals surface area contributed by atoms with Crippen molar-refractivity contribution in [1.29, 1.82) is 0 Å². The lowest BCUT2D eigenvalue weighted by Gasteiger charge is -2.28. The Labute approximate surface area is 81.9 Å². The minimum Gasteiger partial charge on any atom is -0.396 e. The van der Waals surface area contributed by atoms with E-state index in [9.17, 15) is 0 Å². The Bertz CT molecular complexity index is 138. The second kappa shape index (κ2) is 5.61. The normalized spacial score (nSPS) is 26.5. The van der Waals surface area contributed by atoms with Gasteiger partial charge in [-0.2, -0.15) is 0 Å². The van der Waals surface area contributed by atoms with Crippen LogP contribution in [0.1, 0.15) is 39.0 Å². The standard InChI is InChI=1S/C11H23NO/c1-3-10(6-5-9-13)11-7-4-8-12(11)2/h10-11,13H,3-9H2,1-2H3. The Morgan fingerprint density at radius 2 is 2.31 bits per heavy atom. The van der Waals surface area contributed by atoms with Crippen LogP contribution in [-0.4, -0.2) is 36.2 Å². The maximum Gasteiger partial charge on any atom is 0.0431 e. The van der Waals surface area contributed by atoms with Gasteiger partial charge < -0.3 is 10.0 Å². The van der Waals surface area contributed by atoms with Gasteiger partial charge in [0.05, 0.1) is 0 Å². The summed E-state index contributed by atoms with van der Waals surface area (Å²) in [6.45, 7) is 3.89. The molecule has 0 amide bonds. The van der Waals surface area contributed by atoms with Crippen LogP contribution < -0.4 is 0 Å². The van der Waals surface area contributed by atoms with E-state index < -0.39 is 0 Å². The Morgan fingerprint density at radius 1 is 1.54 bits per heavy atom. The fraction of sp³-hybridized carbons (Fsp3) is 1.00. The van der Waals surface area contributed by atoms with Gasteiger partial charge in [0.2, 0.25) is 0 Å². The zero-order chi connectivity index (χ0) is 9.68. The van der Waals surface area contributed by atoms with Crippen molar-refractivity contribution in [2.24, 2.45) is 5.92 Å². The maximum absolute atomic E-state index is 8.81. The van der Waals surface area contributed by atoms with Gasteiger partial charge in [-0.15, -0.1) is 0 Å². The Hall–Kier alpha value is -0.0800. The van der Waals surface area contributed by atoms with Gasteiger partial charge in [0.25, 0.3) is 0 Å². The number of aliphatic hydroxyl groups excluding tert-OH is 1. The molecule has 2 unspecified atom stereocenters. The molecule has 1 rings (SSSR count). The molecule has 1 N–H and O–H groups in total. The molecule has 0 aromatic rings. The van der Waals surface area contributed by atoms with Gasteiger partial charge in [0, 0.05) is 12.6 Å². The molecule has 1 saturated heterocycles. The van der Waals surface area contributed by atoms with Gasteiger partial charge in [0.15, 0.2) is 0 Å². The molecule has 2 heteroatoms. The summed E-state index contributed by atoms with van der Waals surface area (Å²) in [5.74, 6) is 0.805. The third kappa shape index (κ3) is 2.96. The predicted molar refractivity (Wildman–Crippen MR) is 55.8 cm³/mol. The topological polar surface area (TPSA) is 23.5 Å². The van der Waals surface area contributed by atoms with E-state index in [0.717, 1.165) is 18.4 Å². The van der Waals surface area contributed by atoms with Crippen LogP contribution in [0.2, 0.25) is 0 Å². The molecule has 1 aliphatic rings. The number of hydrogen-bond acceptors (Lipinski definition) is 2. The first-order valence-corrected chi connectivity index (χ1v) is 5.60. The Balaban J connectivity index is 2.35. The summed E-state index contributed by atoms with van der Waals surface area (Å²) < 4.78 is 0. The molecule has 1 heterocycles. The van der Waals surface area contributed by atoms with Crippen LogP contribution in [0.4, 0.5) is 0 Å². The van der Waals surface area contributed by atoms with Crippen LogP contribution in [0.5, 0.6) is 0 Å². The number of rotatable bonds is 5.